The van der Waals surface area contributed by atoms with E-state index in [4.69, 9.17) is 9.26 Å². The van der Waals surface area contributed by atoms with Gasteiger partial charge in [-0.15, -0.1) is 0 Å². The molecule has 26 heavy (non-hydrogen) atoms. The second-order valence-electron chi connectivity index (χ2n) is 5.91. The molecule has 132 valence electrons. The van der Waals surface area contributed by atoms with Crippen LogP contribution in [0.1, 0.15) is 35.1 Å². The van der Waals surface area contributed by atoms with Gasteiger partial charge in [0.15, 0.2) is 0 Å². The van der Waals surface area contributed by atoms with Crippen molar-refractivity contribution in [2.45, 2.75) is 18.9 Å². The maximum Gasteiger partial charge on any atom is 0.254 e. The lowest BCUT2D eigenvalue weighted by atomic mass is 10.2. The van der Waals surface area contributed by atoms with Gasteiger partial charge in [-0.1, -0.05) is 11.2 Å². The number of ether oxygens (including phenoxy) is 1. The van der Waals surface area contributed by atoms with Crippen LogP contribution in [0.5, 0.6) is 5.88 Å². The fraction of sp³-hybridized carbons (Fsp3) is 0.278. The number of amides is 1. The van der Waals surface area contributed by atoms with E-state index >= 15 is 0 Å². The summed E-state index contributed by atoms with van der Waals surface area (Å²) in [7, 11) is 1.52. The number of hydrogen-bond donors (Lipinski definition) is 0. The van der Waals surface area contributed by atoms with Gasteiger partial charge in [0.05, 0.1) is 7.11 Å². The summed E-state index contributed by atoms with van der Waals surface area (Å²) in [5.41, 5.74) is 1.16. The lowest BCUT2D eigenvalue weighted by molar-refractivity contribution is 0.0709. The first kappa shape index (κ1) is 16.2. The van der Waals surface area contributed by atoms with Gasteiger partial charge in [-0.2, -0.15) is 4.98 Å². The topological polar surface area (TPSA) is 94.2 Å². The third-order valence-corrected chi connectivity index (χ3v) is 4.33. The first-order valence-corrected chi connectivity index (χ1v) is 8.32. The van der Waals surface area contributed by atoms with Gasteiger partial charge in [0.1, 0.15) is 11.7 Å². The third-order valence-electron chi connectivity index (χ3n) is 4.33. The Morgan fingerprint density at radius 3 is 3.00 bits per heavy atom. The van der Waals surface area contributed by atoms with E-state index in [2.05, 4.69) is 20.1 Å². The van der Waals surface area contributed by atoms with Crippen LogP contribution in [0.2, 0.25) is 0 Å². The molecule has 8 nitrogen and oxygen atoms in total. The van der Waals surface area contributed by atoms with Crippen LogP contribution in [0.25, 0.3) is 11.5 Å². The van der Waals surface area contributed by atoms with Gasteiger partial charge in [-0.3, -0.25) is 9.78 Å². The molecule has 0 bridgehead atoms. The number of carbonyl (C=O) groups excluding carboxylic acids is 1. The van der Waals surface area contributed by atoms with Gasteiger partial charge >= 0.3 is 0 Å². The zero-order chi connectivity index (χ0) is 17.9. The van der Waals surface area contributed by atoms with E-state index in [1.54, 1.807) is 29.4 Å². The Balaban J connectivity index is 1.59. The molecule has 1 aliphatic heterocycles. The average Bonchev–Trinajstić information content (AvgIpc) is 3.37. The predicted molar refractivity (Wildman–Crippen MR) is 91.3 cm³/mol. The van der Waals surface area contributed by atoms with Gasteiger partial charge in [0.2, 0.25) is 17.6 Å². The first-order valence-electron chi connectivity index (χ1n) is 8.32. The SMILES string of the molecule is COc1cc(C(=O)N2CCC[C@H]2c2nc(-c3ccccn3)no2)ccn1. The molecule has 0 aliphatic carbocycles. The molecule has 1 amide bonds. The van der Waals surface area contributed by atoms with Crippen LogP contribution in [0.3, 0.4) is 0 Å². The highest BCUT2D eigenvalue weighted by Gasteiger charge is 2.34. The molecule has 1 saturated heterocycles. The van der Waals surface area contributed by atoms with Crippen molar-refractivity contribution in [3.63, 3.8) is 0 Å². The summed E-state index contributed by atoms with van der Waals surface area (Å²) in [6.45, 7) is 0.634. The molecule has 0 N–H and O–H groups in total. The van der Waals surface area contributed by atoms with Crippen molar-refractivity contribution in [1.29, 1.82) is 0 Å². The molecule has 8 heteroatoms. The maximum absolute atomic E-state index is 12.9. The molecular formula is C18H17N5O3. The van der Waals surface area contributed by atoms with Crippen LogP contribution in [-0.4, -0.2) is 44.6 Å². The summed E-state index contributed by atoms with van der Waals surface area (Å²) >= 11 is 0. The van der Waals surface area contributed by atoms with Gasteiger partial charge in [-0.05, 0) is 31.0 Å². The Morgan fingerprint density at radius 1 is 1.27 bits per heavy atom. The summed E-state index contributed by atoms with van der Waals surface area (Å²) < 4.78 is 10.5. The van der Waals surface area contributed by atoms with Crippen LogP contribution >= 0.6 is 0 Å². The van der Waals surface area contributed by atoms with E-state index in [-0.39, 0.29) is 11.9 Å². The number of nitrogens with zero attached hydrogens (tertiary/aromatic N) is 5. The minimum atomic E-state index is -0.244. The molecule has 1 aliphatic rings. The molecule has 4 heterocycles. The summed E-state index contributed by atoms with van der Waals surface area (Å²) in [5.74, 6) is 1.15. The number of carbonyl (C=O) groups is 1. The Kier molecular flexibility index (Phi) is 4.30. The maximum atomic E-state index is 12.9. The van der Waals surface area contributed by atoms with Crippen LogP contribution in [0, 0.1) is 0 Å². The zero-order valence-corrected chi connectivity index (χ0v) is 14.2. The quantitative estimate of drug-likeness (QED) is 0.713. The second kappa shape index (κ2) is 6.91. The van der Waals surface area contributed by atoms with Crippen molar-refractivity contribution in [3.05, 3.63) is 54.2 Å². The Bertz CT molecular complexity index is 912. The van der Waals surface area contributed by atoms with Gasteiger partial charge in [-0.25, -0.2) is 4.98 Å². The minimum Gasteiger partial charge on any atom is -0.481 e. The van der Waals surface area contributed by atoms with Crippen molar-refractivity contribution in [2.75, 3.05) is 13.7 Å². The van der Waals surface area contributed by atoms with Gasteiger partial charge in [0, 0.05) is 30.6 Å². The second-order valence-corrected chi connectivity index (χ2v) is 5.91. The predicted octanol–water partition coefficient (Wildman–Crippen LogP) is 2.51. The standard InChI is InChI=1S/C18H17N5O3/c1-25-15-11-12(7-9-20-15)18(24)23-10-4-6-14(23)17-21-16(22-26-17)13-5-2-3-8-19-13/h2-3,5,7-9,11,14H,4,6,10H2,1H3/t14-/m0/s1. The molecule has 0 spiro atoms. The molecule has 1 fully saturated rings. The van der Waals surface area contributed by atoms with E-state index in [9.17, 15) is 4.79 Å². The van der Waals surface area contributed by atoms with E-state index in [1.807, 2.05) is 18.2 Å². The fourth-order valence-corrected chi connectivity index (χ4v) is 3.06. The summed E-state index contributed by atoms with van der Waals surface area (Å²) in [6, 6.07) is 8.56. The highest BCUT2D eigenvalue weighted by Crippen LogP contribution is 2.33. The minimum absolute atomic E-state index is 0.106. The molecule has 3 aromatic rings. The molecule has 3 aromatic heterocycles. The number of aromatic nitrogens is 4. The number of pyridine rings is 2. The number of hydrogen-bond acceptors (Lipinski definition) is 7. The van der Waals surface area contributed by atoms with Crippen molar-refractivity contribution in [2.24, 2.45) is 0 Å². The monoisotopic (exact) mass is 351 g/mol. The molecule has 0 unspecified atom stereocenters. The largest absolute Gasteiger partial charge is 0.481 e. The highest BCUT2D eigenvalue weighted by molar-refractivity contribution is 5.94. The normalized spacial score (nSPS) is 16.7. The lowest BCUT2D eigenvalue weighted by Gasteiger charge is -2.21. The Morgan fingerprint density at radius 2 is 2.19 bits per heavy atom. The van der Waals surface area contributed by atoms with E-state index in [0.717, 1.165) is 12.8 Å². The van der Waals surface area contributed by atoms with E-state index in [0.29, 0.717) is 35.4 Å². The lowest BCUT2D eigenvalue weighted by Crippen LogP contribution is -2.30. The summed E-state index contributed by atoms with van der Waals surface area (Å²) in [5, 5.41) is 4.01. The molecule has 0 radical (unpaired) electrons. The fourth-order valence-electron chi connectivity index (χ4n) is 3.06. The van der Waals surface area contributed by atoms with E-state index in [1.165, 1.54) is 7.11 Å². The van der Waals surface area contributed by atoms with Crippen LogP contribution in [-0.2, 0) is 0 Å². The number of likely N-dealkylation sites (tertiary alicyclic amines) is 1. The molecule has 0 aromatic carbocycles. The molecule has 4 rings (SSSR count). The number of rotatable bonds is 4. The van der Waals surface area contributed by atoms with Crippen molar-refractivity contribution in [3.8, 4) is 17.4 Å². The molecule has 0 saturated carbocycles. The molecular weight excluding hydrogens is 334 g/mol. The van der Waals surface area contributed by atoms with Crippen LogP contribution in [0.4, 0.5) is 0 Å². The third kappa shape index (κ3) is 3.01. The van der Waals surface area contributed by atoms with Crippen molar-refractivity contribution in [1.82, 2.24) is 25.0 Å². The van der Waals surface area contributed by atoms with Crippen LogP contribution in [0.15, 0.2) is 47.2 Å². The van der Waals surface area contributed by atoms with Crippen molar-refractivity contribution < 1.29 is 14.1 Å². The highest BCUT2D eigenvalue weighted by atomic mass is 16.5. The van der Waals surface area contributed by atoms with Gasteiger partial charge in [0.25, 0.3) is 5.91 Å². The van der Waals surface area contributed by atoms with Crippen LogP contribution < -0.4 is 4.74 Å². The van der Waals surface area contributed by atoms with E-state index < -0.39 is 0 Å². The van der Waals surface area contributed by atoms with Gasteiger partial charge < -0.3 is 14.2 Å². The Labute approximate surface area is 149 Å². The average molecular weight is 351 g/mol. The zero-order valence-electron chi connectivity index (χ0n) is 14.2. The smallest absolute Gasteiger partial charge is 0.254 e. The molecule has 1 atom stereocenters. The first-order chi connectivity index (χ1) is 12.8. The Hall–Kier alpha value is -3.29. The summed E-state index contributed by atoms with van der Waals surface area (Å²) in [4.78, 5) is 27.4. The number of methoxy groups -OCH3 is 1. The summed E-state index contributed by atoms with van der Waals surface area (Å²) in [6.07, 6.45) is 4.88. The van der Waals surface area contributed by atoms with Crippen molar-refractivity contribution >= 4 is 5.91 Å².